The molecule has 0 aliphatic rings. The van der Waals surface area contributed by atoms with E-state index in [0.717, 1.165) is 15.7 Å². The fourth-order valence-corrected chi connectivity index (χ4v) is 2.76. The molecule has 0 saturated carbocycles. The summed E-state index contributed by atoms with van der Waals surface area (Å²) in [6, 6.07) is 4.04. The first-order valence-corrected chi connectivity index (χ1v) is 7.54. The molecule has 2 rings (SSSR count). The smallest absolute Gasteiger partial charge is 0.212 e. The van der Waals surface area contributed by atoms with E-state index in [2.05, 4.69) is 45.3 Å². The molecular formula is C14H20BrN5O. The van der Waals surface area contributed by atoms with Gasteiger partial charge in [-0.25, -0.2) is 4.98 Å². The van der Waals surface area contributed by atoms with E-state index in [0.29, 0.717) is 12.3 Å². The van der Waals surface area contributed by atoms with Crippen molar-refractivity contribution in [2.45, 2.75) is 32.4 Å². The standard InChI is InChI=1S/C14H20BrN5O/c1-9(2)20-14(11(15)8-18-20)12(19-16)6-10-4-5-13(21-3)17-7-10/h4-5,7-9,12,19H,6,16H2,1-3H3. The predicted molar refractivity (Wildman–Crippen MR) is 84.9 cm³/mol. The molecule has 3 N–H and O–H groups in total. The number of nitrogens with one attached hydrogen (secondary N) is 1. The van der Waals surface area contributed by atoms with Gasteiger partial charge in [0.2, 0.25) is 5.88 Å². The summed E-state index contributed by atoms with van der Waals surface area (Å²) in [7, 11) is 1.60. The van der Waals surface area contributed by atoms with Crippen molar-refractivity contribution in [3.63, 3.8) is 0 Å². The van der Waals surface area contributed by atoms with Gasteiger partial charge in [-0.05, 0) is 41.8 Å². The van der Waals surface area contributed by atoms with Crippen molar-refractivity contribution in [1.29, 1.82) is 0 Å². The van der Waals surface area contributed by atoms with E-state index in [-0.39, 0.29) is 12.1 Å². The van der Waals surface area contributed by atoms with E-state index in [1.54, 1.807) is 19.5 Å². The molecule has 2 heterocycles. The number of nitrogens with two attached hydrogens (primary N) is 1. The summed E-state index contributed by atoms with van der Waals surface area (Å²) in [4.78, 5) is 4.22. The van der Waals surface area contributed by atoms with Gasteiger partial charge in [0, 0.05) is 18.3 Å². The van der Waals surface area contributed by atoms with Gasteiger partial charge in [0.25, 0.3) is 0 Å². The maximum absolute atomic E-state index is 5.75. The van der Waals surface area contributed by atoms with E-state index >= 15 is 0 Å². The van der Waals surface area contributed by atoms with Crippen molar-refractivity contribution >= 4 is 15.9 Å². The second-order valence-electron chi connectivity index (χ2n) is 5.05. The Balaban J connectivity index is 2.25. The molecule has 0 bridgehead atoms. The molecule has 0 aromatic carbocycles. The number of aromatic nitrogens is 3. The average Bonchev–Trinajstić information content (AvgIpc) is 2.87. The largest absolute Gasteiger partial charge is 0.481 e. The highest BCUT2D eigenvalue weighted by Gasteiger charge is 2.21. The summed E-state index contributed by atoms with van der Waals surface area (Å²) in [6.45, 7) is 4.18. The Hall–Kier alpha value is -1.44. The first-order valence-electron chi connectivity index (χ1n) is 6.74. The fraction of sp³-hybridized carbons (Fsp3) is 0.429. The van der Waals surface area contributed by atoms with Gasteiger partial charge in [0.05, 0.1) is 29.5 Å². The van der Waals surface area contributed by atoms with E-state index in [9.17, 15) is 0 Å². The second kappa shape index (κ2) is 7.02. The first kappa shape index (κ1) is 15.9. The average molecular weight is 354 g/mol. The lowest BCUT2D eigenvalue weighted by molar-refractivity contribution is 0.397. The lowest BCUT2D eigenvalue weighted by atomic mass is 10.1. The molecule has 21 heavy (non-hydrogen) atoms. The molecule has 0 spiro atoms. The number of pyridine rings is 1. The van der Waals surface area contributed by atoms with Crippen LogP contribution >= 0.6 is 15.9 Å². The van der Waals surface area contributed by atoms with Crippen molar-refractivity contribution in [2.75, 3.05) is 7.11 Å². The summed E-state index contributed by atoms with van der Waals surface area (Å²) in [5.74, 6) is 6.35. The Morgan fingerprint density at radius 3 is 2.67 bits per heavy atom. The number of hydrazine groups is 1. The molecule has 6 nitrogen and oxygen atoms in total. The van der Waals surface area contributed by atoms with Crippen LogP contribution in [0.2, 0.25) is 0 Å². The Bertz CT molecular complexity index is 582. The zero-order valence-corrected chi connectivity index (χ0v) is 14.0. The Morgan fingerprint density at radius 2 is 2.14 bits per heavy atom. The van der Waals surface area contributed by atoms with Crippen LogP contribution in [0.5, 0.6) is 5.88 Å². The van der Waals surface area contributed by atoms with Crippen molar-refractivity contribution in [3.05, 3.63) is 40.3 Å². The maximum Gasteiger partial charge on any atom is 0.212 e. The number of hydrogen-bond acceptors (Lipinski definition) is 5. The highest BCUT2D eigenvalue weighted by molar-refractivity contribution is 9.10. The molecule has 0 aliphatic carbocycles. The third-order valence-corrected chi connectivity index (χ3v) is 3.86. The Kier molecular flexibility index (Phi) is 5.33. The Morgan fingerprint density at radius 1 is 1.38 bits per heavy atom. The maximum atomic E-state index is 5.75. The molecule has 2 aromatic rings. The molecule has 0 amide bonds. The first-order chi connectivity index (χ1) is 10.1. The molecule has 114 valence electrons. The van der Waals surface area contributed by atoms with Crippen LogP contribution in [-0.2, 0) is 6.42 Å². The summed E-state index contributed by atoms with van der Waals surface area (Å²) in [5, 5.41) is 4.39. The summed E-state index contributed by atoms with van der Waals surface area (Å²) in [6.07, 6.45) is 4.31. The lowest BCUT2D eigenvalue weighted by Gasteiger charge is -2.20. The fourth-order valence-electron chi connectivity index (χ4n) is 2.21. The van der Waals surface area contributed by atoms with Crippen LogP contribution in [0.15, 0.2) is 29.0 Å². The minimum absolute atomic E-state index is 0.0560. The topological polar surface area (TPSA) is 78.0 Å². The van der Waals surface area contributed by atoms with Crippen LogP contribution in [0.4, 0.5) is 0 Å². The SMILES string of the molecule is COc1ccc(CC(NN)c2c(Br)cnn2C(C)C)cn1. The van der Waals surface area contributed by atoms with E-state index in [1.807, 2.05) is 16.8 Å². The molecule has 0 fully saturated rings. The van der Waals surface area contributed by atoms with Gasteiger partial charge in [0.15, 0.2) is 0 Å². The van der Waals surface area contributed by atoms with Gasteiger partial charge >= 0.3 is 0 Å². The summed E-state index contributed by atoms with van der Waals surface area (Å²) >= 11 is 3.55. The van der Waals surface area contributed by atoms with Crippen LogP contribution in [-0.4, -0.2) is 21.9 Å². The molecule has 0 aliphatic heterocycles. The molecular weight excluding hydrogens is 334 g/mol. The second-order valence-corrected chi connectivity index (χ2v) is 5.90. The van der Waals surface area contributed by atoms with Gasteiger partial charge in [-0.2, -0.15) is 5.10 Å². The number of nitrogens with zero attached hydrogens (tertiary/aromatic N) is 3. The predicted octanol–water partition coefficient (Wildman–Crippen LogP) is 2.38. The van der Waals surface area contributed by atoms with Crippen molar-refractivity contribution in [1.82, 2.24) is 20.2 Å². The lowest BCUT2D eigenvalue weighted by Crippen LogP contribution is -2.32. The van der Waals surface area contributed by atoms with E-state index in [4.69, 9.17) is 10.6 Å². The molecule has 1 atom stereocenters. The van der Waals surface area contributed by atoms with Gasteiger partial charge in [-0.15, -0.1) is 0 Å². The van der Waals surface area contributed by atoms with E-state index < -0.39 is 0 Å². The normalized spacial score (nSPS) is 12.7. The highest BCUT2D eigenvalue weighted by Crippen LogP contribution is 2.28. The zero-order chi connectivity index (χ0) is 15.4. The van der Waals surface area contributed by atoms with Gasteiger partial charge < -0.3 is 4.74 Å². The molecule has 0 radical (unpaired) electrons. The number of hydrogen-bond donors (Lipinski definition) is 2. The third kappa shape index (κ3) is 3.61. The number of ether oxygens (including phenoxy) is 1. The number of halogens is 1. The highest BCUT2D eigenvalue weighted by atomic mass is 79.9. The third-order valence-electron chi connectivity index (χ3n) is 3.25. The van der Waals surface area contributed by atoms with Crippen LogP contribution in [0.1, 0.15) is 37.2 Å². The van der Waals surface area contributed by atoms with Crippen LogP contribution in [0, 0.1) is 0 Å². The van der Waals surface area contributed by atoms with Gasteiger partial charge in [-0.3, -0.25) is 16.0 Å². The minimum Gasteiger partial charge on any atom is -0.481 e. The Labute approximate surface area is 132 Å². The van der Waals surface area contributed by atoms with Crippen molar-refractivity contribution < 1.29 is 4.74 Å². The van der Waals surface area contributed by atoms with E-state index in [1.165, 1.54) is 0 Å². The minimum atomic E-state index is -0.0560. The van der Waals surface area contributed by atoms with Crippen LogP contribution in [0.3, 0.4) is 0 Å². The molecule has 2 aromatic heterocycles. The molecule has 0 saturated heterocycles. The van der Waals surface area contributed by atoms with Gasteiger partial charge in [-0.1, -0.05) is 6.07 Å². The monoisotopic (exact) mass is 353 g/mol. The summed E-state index contributed by atoms with van der Waals surface area (Å²) in [5.41, 5.74) is 4.97. The van der Waals surface area contributed by atoms with Crippen LogP contribution < -0.4 is 16.0 Å². The van der Waals surface area contributed by atoms with Crippen molar-refractivity contribution in [3.8, 4) is 5.88 Å². The quantitative estimate of drug-likeness (QED) is 0.615. The zero-order valence-electron chi connectivity index (χ0n) is 12.4. The number of rotatable bonds is 6. The van der Waals surface area contributed by atoms with Crippen molar-refractivity contribution in [2.24, 2.45) is 5.84 Å². The molecule has 7 heteroatoms. The molecule has 1 unspecified atom stereocenters. The number of methoxy groups -OCH3 is 1. The summed E-state index contributed by atoms with van der Waals surface area (Å²) < 4.78 is 7.98. The van der Waals surface area contributed by atoms with Gasteiger partial charge in [0.1, 0.15) is 0 Å². The van der Waals surface area contributed by atoms with Crippen LogP contribution in [0.25, 0.3) is 0 Å².